The van der Waals surface area contributed by atoms with Crippen LogP contribution in [0.25, 0.3) is 0 Å². The smallest absolute Gasteiger partial charge is 0.258 e. The van der Waals surface area contributed by atoms with Gasteiger partial charge in [0.25, 0.3) is 5.56 Å². The summed E-state index contributed by atoms with van der Waals surface area (Å²) in [6.45, 7) is 1.76. The highest BCUT2D eigenvalue weighted by Gasteiger charge is 2.38. The molecule has 1 atom stereocenters. The first-order valence-electron chi connectivity index (χ1n) is 11.2. The zero-order valence-corrected chi connectivity index (χ0v) is 18.5. The summed E-state index contributed by atoms with van der Waals surface area (Å²) in [6.07, 6.45) is 5.41. The van der Waals surface area contributed by atoms with E-state index in [1.54, 1.807) is 14.2 Å². The average molecular weight is 437 g/mol. The molecule has 8 heteroatoms. The Kier molecular flexibility index (Phi) is 5.36. The third-order valence-electron chi connectivity index (χ3n) is 6.64. The van der Waals surface area contributed by atoms with Crippen LogP contribution in [0, 0.1) is 0 Å². The van der Waals surface area contributed by atoms with Crippen molar-refractivity contribution in [3.05, 3.63) is 50.9 Å². The first-order chi connectivity index (χ1) is 15.6. The maximum Gasteiger partial charge on any atom is 0.258 e. The third kappa shape index (κ3) is 3.43. The fraction of sp³-hybridized carbons (Fsp3) is 0.458. The van der Waals surface area contributed by atoms with Crippen LogP contribution in [0.15, 0.2) is 34.3 Å². The van der Waals surface area contributed by atoms with Crippen LogP contribution in [0.2, 0.25) is 0 Å². The zero-order valence-electron chi connectivity index (χ0n) is 18.5. The lowest BCUT2D eigenvalue weighted by Crippen LogP contribution is -2.36. The Bertz CT molecular complexity index is 1150. The highest BCUT2D eigenvalue weighted by Crippen LogP contribution is 2.45. The van der Waals surface area contributed by atoms with E-state index < -0.39 is 5.92 Å². The van der Waals surface area contributed by atoms with Crippen molar-refractivity contribution < 1.29 is 14.3 Å². The summed E-state index contributed by atoms with van der Waals surface area (Å²) in [5, 5.41) is 3.35. The molecule has 0 radical (unpaired) electrons. The van der Waals surface area contributed by atoms with Crippen LogP contribution in [0.4, 0.5) is 11.8 Å². The SMILES string of the molecule is COc1ccc([C@@H]2C3=C(CCCC3=O)Nc3nc(N4CCCCC4)[nH]c(=O)c32)cc1OC. The van der Waals surface area contributed by atoms with Gasteiger partial charge in [0.2, 0.25) is 5.95 Å². The van der Waals surface area contributed by atoms with Gasteiger partial charge in [0.15, 0.2) is 17.3 Å². The van der Waals surface area contributed by atoms with Crippen LogP contribution in [0.1, 0.15) is 55.6 Å². The molecule has 8 nitrogen and oxygen atoms in total. The van der Waals surface area contributed by atoms with Crippen molar-refractivity contribution in [3.8, 4) is 11.5 Å². The molecule has 2 N–H and O–H groups in total. The Morgan fingerprint density at radius 3 is 2.53 bits per heavy atom. The first kappa shape index (κ1) is 20.6. The number of aromatic nitrogens is 2. The number of ketones is 1. The van der Waals surface area contributed by atoms with E-state index in [9.17, 15) is 9.59 Å². The Balaban J connectivity index is 1.67. The van der Waals surface area contributed by atoms with Gasteiger partial charge in [-0.25, -0.2) is 0 Å². The predicted molar refractivity (Wildman–Crippen MR) is 122 cm³/mol. The molecule has 0 bridgehead atoms. The Morgan fingerprint density at radius 1 is 1.00 bits per heavy atom. The van der Waals surface area contributed by atoms with Crippen LogP contribution in [0.5, 0.6) is 11.5 Å². The normalized spacial score (nSPS) is 20.4. The average Bonchev–Trinajstić information content (AvgIpc) is 2.83. The molecule has 1 fully saturated rings. The lowest BCUT2D eigenvalue weighted by Gasteiger charge is -2.34. The highest BCUT2D eigenvalue weighted by atomic mass is 16.5. The lowest BCUT2D eigenvalue weighted by atomic mass is 9.76. The maximum absolute atomic E-state index is 13.4. The monoisotopic (exact) mass is 436 g/mol. The minimum absolute atomic E-state index is 0.0729. The number of carbonyl (C=O) groups is 1. The van der Waals surface area contributed by atoms with Gasteiger partial charge in [-0.05, 0) is 49.8 Å². The minimum atomic E-state index is -0.500. The van der Waals surface area contributed by atoms with Gasteiger partial charge in [0.1, 0.15) is 5.82 Å². The van der Waals surface area contributed by atoms with Gasteiger partial charge >= 0.3 is 0 Å². The topological polar surface area (TPSA) is 96.5 Å². The van der Waals surface area contributed by atoms with Crippen molar-refractivity contribution in [2.75, 3.05) is 37.5 Å². The molecule has 32 heavy (non-hydrogen) atoms. The number of nitrogens with zero attached hydrogens (tertiary/aromatic N) is 2. The quantitative estimate of drug-likeness (QED) is 0.759. The van der Waals surface area contributed by atoms with Crippen molar-refractivity contribution in [1.29, 1.82) is 0 Å². The molecule has 0 unspecified atom stereocenters. The number of nitrogens with one attached hydrogen (secondary N) is 2. The number of Topliss-reactive ketones (excluding diaryl/α,β-unsaturated/α-hetero) is 1. The van der Waals surface area contributed by atoms with E-state index in [4.69, 9.17) is 14.5 Å². The first-order valence-corrected chi connectivity index (χ1v) is 11.2. The van der Waals surface area contributed by atoms with E-state index in [2.05, 4.69) is 15.2 Å². The number of fused-ring (bicyclic) bond motifs is 1. The number of piperidine rings is 1. The summed E-state index contributed by atoms with van der Waals surface area (Å²) in [7, 11) is 3.16. The summed E-state index contributed by atoms with van der Waals surface area (Å²) >= 11 is 0. The van der Waals surface area contributed by atoms with Crippen molar-refractivity contribution in [2.24, 2.45) is 0 Å². The number of allylic oxidation sites excluding steroid dienone is 2. The molecule has 2 aromatic rings. The molecule has 168 valence electrons. The molecule has 5 rings (SSSR count). The molecule has 1 aromatic carbocycles. The van der Waals surface area contributed by atoms with Gasteiger partial charge in [-0.15, -0.1) is 0 Å². The molecular formula is C24H28N4O4. The molecule has 3 heterocycles. The standard InChI is InChI=1S/C24H28N4O4/c1-31-17-10-9-14(13-18(17)32-2)19-20-15(7-6-8-16(20)29)25-22-21(19)23(30)27-24(26-22)28-11-4-3-5-12-28/h9-10,13,19H,3-8,11-12H2,1-2H3,(H2,25,26,27,30)/t19-/m1/s1. The van der Waals surface area contributed by atoms with Gasteiger partial charge in [-0.3, -0.25) is 14.6 Å². The number of hydrogen-bond donors (Lipinski definition) is 2. The number of benzene rings is 1. The number of anilines is 2. The van der Waals surface area contributed by atoms with E-state index in [1.807, 2.05) is 18.2 Å². The fourth-order valence-corrected chi connectivity index (χ4v) is 5.07. The summed E-state index contributed by atoms with van der Waals surface area (Å²) < 4.78 is 10.9. The zero-order chi connectivity index (χ0) is 22.2. The minimum Gasteiger partial charge on any atom is -0.493 e. The van der Waals surface area contributed by atoms with E-state index in [0.29, 0.717) is 40.8 Å². The second kappa shape index (κ2) is 8.33. The second-order valence-electron chi connectivity index (χ2n) is 8.54. The summed E-state index contributed by atoms with van der Waals surface area (Å²) in [6, 6.07) is 5.56. The Morgan fingerprint density at radius 2 is 1.78 bits per heavy atom. The molecule has 0 spiro atoms. The number of carbonyl (C=O) groups excluding carboxylic acids is 1. The van der Waals surface area contributed by atoms with Crippen molar-refractivity contribution in [1.82, 2.24) is 9.97 Å². The fourth-order valence-electron chi connectivity index (χ4n) is 5.07. The van der Waals surface area contributed by atoms with E-state index in [1.165, 1.54) is 6.42 Å². The number of H-pyrrole nitrogens is 1. The molecular weight excluding hydrogens is 408 g/mol. The van der Waals surface area contributed by atoms with Crippen molar-refractivity contribution >= 4 is 17.5 Å². The largest absolute Gasteiger partial charge is 0.493 e. The van der Waals surface area contributed by atoms with Gasteiger partial charge in [0, 0.05) is 36.7 Å². The molecule has 1 saturated heterocycles. The number of aromatic amines is 1. The Hall–Kier alpha value is -3.29. The number of methoxy groups -OCH3 is 2. The summed E-state index contributed by atoms with van der Waals surface area (Å²) in [5.41, 5.74) is 2.61. The van der Waals surface area contributed by atoms with Crippen LogP contribution >= 0.6 is 0 Å². The molecule has 1 aromatic heterocycles. The molecule has 3 aliphatic rings. The van der Waals surface area contributed by atoms with E-state index in [-0.39, 0.29) is 11.3 Å². The van der Waals surface area contributed by atoms with Crippen LogP contribution in [0.3, 0.4) is 0 Å². The van der Waals surface area contributed by atoms with Gasteiger partial charge in [0.05, 0.1) is 19.8 Å². The van der Waals surface area contributed by atoms with E-state index >= 15 is 0 Å². The van der Waals surface area contributed by atoms with Gasteiger partial charge in [-0.1, -0.05) is 6.07 Å². The van der Waals surface area contributed by atoms with Crippen LogP contribution in [-0.2, 0) is 4.79 Å². The molecule has 0 amide bonds. The number of rotatable bonds is 4. The van der Waals surface area contributed by atoms with Crippen molar-refractivity contribution in [3.63, 3.8) is 0 Å². The van der Waals surface area contributed by atoms with E-state index in [0.717, 1.165) is 50.0 Å². The maximum atomic E-state index is 13.4. The van der Waals surface area contributed by atoms with Crippen LogP contribution in [-0.4, -0.2) is 43.1 Å². The lowest BCUT2D eigenvalue weighted by molar-refractivity contribution is -0.116. The van der Waals surface area contributed by atoms with Gasteiger partial charge in [-0.2, -0.15) is 4.98 Å². The molecule has 1 aliphatic carbocycles. The summed E-state index contributed by atoms with van der Waals surface area (Å²) in [5.74, 6) is 1.87. The van der Waals surface area contributed by atoms with Crippen LogP contribution < -0.4 is 25.2 Å². The van der Waals surface area contributed by atoms with Crippen molar-refractivity contribution in [2.45, 2.75) is 44.4 Å². The predicted octanol–water partition coefficient (Wildman–Crippen LogP) is 3.34. The summed E-state index contributed by atoms with van der Waals surface area (Å²) in [4.78, 5) is 36.4. The number of hydrogen-bond acceptors (Lipinski definition) is 7. The Labute approximate surface area is 186 Å². The van der Waals surface area contributed by atoms with Gasteiger partial charge < -0.3 is 19.7 Å². The highest BCUT2D eigenvalue weighted by molar-refractivity contribution is 6.01. The third-order valence-corrected chi connectivity index (χ3v) is 6.64. The molecule has 2 aliphatic heterocycles. The molecule has 0 saturated carbocycles. The second-order valence-corrected chi connectivity index (χ2v) is 8.54. The number of ether oxygens (including phenoxy) is 2.